The van der Waals surface area contributed by atoms with Crippen LogP contribution >= 0.6 is 32.5 Å². The van der Waals surface area contributed by atoms with Gasteiger partial charge < -0.3 is 0 Å². The van der Waals surface area contributed by atoms with Crippen molar-refractivity contribution in [3.63, 3.8) is 0 Å². The molecule has 0 bridgehead atoms. The molecule has 1 aliphatic heterocycles. The molecule has 1 aromatic heterocycles. The molecular formula is C11H7IN2S. The second-order valence-electron chi connectivity index (χ2n) is 3.10. The number of fused-ring (bicyclic) bond motifs is 1. The number of hydrogen-bond donors (Lipinski definition) is 0. The highest BCUT2D eigenvalue weighted by molar-refractivity contribution is 14.2. The second kappa shape index (κ2) is 3.94. The van der Waals surface area contributed by atoms with Crippen molar-refractivity contribution in [1.82, 2.24) is 8.75 Å². The van der Waals surface area contributed by atoms with Crippen molar-refractivity contribution in [2.45, 2.75) is 0 Å². The average molecular weight is 326 g/mol. The summed E-state index contributed by atoms with van der Waals surface area (Å²) < 4.78 is 13.1. The summed E-state index contributed by atoms with van der Waals surface area (Å²) in [4.78, 5) is 0. The van der Waals surface area contributed by atoms with Crippen LogP contribution in [0.1, 0.15) is 5.56 Å². The van der Waals surface area contributed by atoms with Crippen LogP contribution in [-0.2, 0) is 0 Å². The first-order valence-electron chi connectivity index (χ1n) is 4.49. The van der Waals surface area contributed by atoms with Gasteiger partial charge in [0.05, 0.1) is 11.7 Å². The van der Waals surface area contributed by atoms with E-state index in [1.165, 1.54) is 22.9 Å². The Balaban J connectivity index is 2.26. The Hall–Kier alpha value is -0.880. The van der Waals surface area contributed by atoms with Gasteiger partial charge in [-0.25, -0.2) is 0 Å². The summed E-state index contributed by atoms with van der Waals surface area (Å²) in [6.07, 6.45) is 4.39. The lowest BCUT2D eigenvalue weighted by Crippen LogP contribution is -1.85. The molecule has 0 unspecified atom stereocenters. The lowest BCUT2D eigenvalue weighted by Gasteiger charge is -2.03. The molecule has 0 atom stereocenters. The number of benzene rings is 1. The summed E-state index contributed by atoms with van der Waals surface area (Å²) in [7, 11) is 0. The van der Waals surface area contributed by atoms with Crippen LogP contribution in [0.15, 0.2) is 34.4 Å². The molecule has 0 radical (unpaired) electrons. The SMILES string of the molecule is C1=CC(c2cccc3nsnc23)=CC=I1. The Morgan fingerprint density at radius 1 is 1.20 bits per heavy atom. The van der Waals surface area contributed by atoms with Crippen LogP contribution < -0.4 is 0 Å². The predicted octanol–water partition coefficient (Wildman–Crippen LogP) is 3.37. The highest BCUT2D eigenvalue weighted by Crippen LogP contribution is 2.26. The summed E-state index contributed by atoms with van der Waals surface area (Å²) in [5.41, 5.74) is 4.45. The molecule has 0 spiro atoms. The maximum atomic E-state index is 4.34. The molecular weight excluding hydrogens is 319 g/mol. The molecule has 1 aliphatic rings. The molecule has 0 N–H and O–H groups in total. The number of rotatable bonds is 1. The number of nitrogens with zero attached hydrogens (tertiary/aromatic N) is 2. The Labute approximate surface area is 101 Å². The number of aromatic nitrogens is 2. The molecule has 15 heavy (non-hydrogen) atoms. The fourth-order valence-corrected chi connectivity index (χ4v) is 3.50. The Morgan fingerprint density at radius 2 is 2.20 bits per heavy atom. The van der Waals surface area contributed by atoms with Crippen molar-refractivity contribution in [3.8, 4) is 0 Å². The molecule has 0 aliphatic carbocycles. The first kappa shape index (κ1) is 9.35. The van der Waals surface area contributed by atoms with E-state index in [2.05, 4.69) is 35.1 Å². The zero-order chi connectivity index (χ0) is 10.1. The number of hydrogen-bond acceptors (Lipinski definition) is 3. The summed E-state index contributed by atoms with van der Waals surface area (Å²) in [5, 5.41) is 0. The third-order valence-electron chi connectivity index (χ3n) is 2.23. The van der Waals surface area contributed by atoms with Crippen LogP contribution in [0.3, 0.4) is 0 Å². The minimum absolute atomic E-state index is 0.148. The normalized spacial score (nSPS) is 15.1. The molecule has 74 valence electrons. The van der Waals surface area contributed by atoms with Crippen LogP contribution in [-0.4, -0.2) is 12.8 Å². The zero-order valence-corrected chi connectivity index (χ0v) is 10.7. The molecule has 2 nitrogen and oxygen atoms in total. The molecule has 0 saturated carbocycles. The topological polar surface area (TPSA) is 25.8 Å². The van der Waals surface area contributed by atoms with Crippen molar-refractivity contribution in [3.05, 3.63) is 40.0 Å². The van der Waals surface area contributed by atoms with E-state index in [0.29, 0.717) is 0 Å². The highest BCUT2D eigenvalue weighted by atomic mass is 127. The van der Waals surface area contributed by atoms with Gasteiger partial charge in [0.2, 0.25) is 0 Å². The van der Waals surface area contributed by atoms with E-state index in [1.807, 2.05) is 12.1 Å². The quantitative estimate of drug-likeness (QED) is 0.751. The fraction of sp³-hybridized carbons (Fsp3) is 0. The van der Waals surface area contributed by atoms with Crippen molar-refractivity contribution >= 4 is 53.1 Å². The van der Waals surface area contributed by atoms with Gasteiger partial charge in [-0.2, -0.15) is 8.75 Å². The minimum Gasteiger partial charge on any atom is -0.173 e. The Morgan fingerprint density at radius 3 is 3.07 bits per heavy atom. The van der Waals surface area contributed by atoms with E-state index < -0.39 is 0 Å². The maximum Gasteiger partial charge on any atom is 0.112 e. The summed E-state index contributed by atoms with van der Waals surface area (Å²) in [6.45, 7) is 0. The molecule has 2 heterocycles. The Bertz CT molecular complexity index is 595. The molecule has 0 amide bonds. The smallest absolute Gasteiger partial charge is 0.112 e. The molecule has 4 heteroatoms. The fourth-order valence-electron chi connectivity index (χ4n) is 1.52. The summed E-state index contributed by atoms with van der Waals surface area (Å²) in [6, 6.07) is 6.15. The Kier molecular flexibility index (Phi) is 2.46. The summed E-state index contributed by atoms with van der Waals surface area (Å²) >= 11 is 1.42. The lowest BCUT2D eigenvalue weighted by molar-refractivity contribution is 1.60. The first-order chi connectivity index (χ1) is 7.45. The zero-order valence-electron chi connectivity index (χ0n) is 7.72. The van der Waals surface area contributed by atoms with Gasteiger partial charge in [0, 0.05) is 5.56 Å². The largest absolute Gasteiger partial charge is 0.173 e. The van der Waals surface area contributed by atoms with Gasteiger partial charge in [-0.15, -0.1) is 0 Å². The number of allylic oxidation sites excluding steroid dienone is 3. The van der Waals surface area contributed by atoms with Crippen LogP contribution in [0.5, 0.6) is 0 Å². The highest BCUT2D eigenvalue weighted by Gasteiger charge is 2.07. The lowest BCUT2D eigenvalue weighted by atomic mass is 10.0. The van der Waals surface area contributed by atoms with E-state index in [0.717, 1.165) is 11.0 Å². The second-order valence-corrected chi connectivity index (χ2v) is 5.79. The van der Waals surface area contributed by atoms with Crippen LogP contribution in [0.25, 0.3) is 16.6 Å². The van der Waals surface area contributed by atoms with E-state index >= 15 is 0 Å². The standard InChI is InChI=1S/C11H7IN2S/c1-2-9(8-4-6-12-7-5-8)11-10(3-1)13-15-14-11/h1-7H. The van der Waals surface area contributed by atoms with Gasteiger partial charge in [-0.1, -0.05) is 32.9 Å². The van der Waals surface area contributed by atoms with E-state index in [1.54, 1.807) is 0 Å². The first-order valence-corrected chi connectivity index (χ1v) is 7.71. The van der Waals surface area contributed by atoms with Gasteiger partial charge >= 0.3 is 0 Å². The van der Waals surface area contributed by atoms with Crippen molar-refractivity contribution in [1.29, 1.82) is 0 Å². The van der Waals surface area contributed by atoms with Crippen molar-refractivity contribution < 1.29 is 0 Å². The maximum absolute atomic E-state index is 4.34. The van der Waals surface area contributed by atoms with Gasteiger partial charge in [0.25, 0.3) is 0 Å². The molecule has 1 aromatic carbocycles. The third-order valence-corrected chi connectivity index (χ3v) is 4.32. The van der Waals surface area contributed by atoms with Crippen molar-refractivity contribution in [2.24, 2.45) is 0 Å². The van der Waals surface area contributed by atoms with E-state index in [-0.39, 0.29) is 20.7 Å². The third kappa shape index (κ3) is 1.68. The van der Waals surface area contributed by atoms with Gasteiger partial charge in [0.15, 0.2) is 0 Å². The molecule has 0 saturated heterocycles. The van der Waals surface area contributed by atoms with Gasteiger partial charge in [-0.3, -0.25) is 0 Å². The summed E-state index contributed by atoms with van der Waals surface area (Å²) in [5.74, 6) is 0. The van der Waals surface area contributed by atoms with Gasteiger partial charge in [0.1, 0.15) is 11.0 Å². The minimum atomic E-state index is 0.148. The predicted molar refractivity (Wildman–Crippen MR) is 74.6 cm³/mol. The van der Waals surface area contributed by atoms with Crippen LogP contribution in [0, 0.1) is 0 Å². The van der Waals surface area contributed by atoms with Crippen LogP contribution in [0.2, 0.25) is 0 Å². The molecule has 2 aromatic rings. The molecule has 0 fully saturated rings. The van der Waals surface area contributed by atoms with E-state index in [4.69, 9.17) is 0 Å². The molecule has 3 rings (SSSR count). The van der Waals surface area contributed by atoms with Gasteiger partial charge in [-0.05, 0) is 31.9 Å². The average Bonchev–Trinajstić information content (AvgIpc) is 2.78. The van der Waals surface area contributed by atoms with Crippen LogP contribution in [0.4, 0.5) is 0 Å². The van der Waals surface area contributed by atoms with E-state index in [9.17, 15) is 0 Å². The number of halogens is 1. The van der Waals surface area contributed by atoms with Crippen molar-refractivity contribution in [2.75, 3.05) is 0 Å². The monoisotopic (exact) mass is 326 g/mol.